The second kappa shape index (κ2) is 6.71. The second-order valence-electron chi connectivity index (χ2n) is 4.50. The van der Waals surface area contributed by atoms with E-state index in [1.807, 2.05) is 27.7 Å². The summed E-state index contributed by atoms with van der Waals surface area (Å²) < 4.78 is 5.42. The fourth-order valence-corrected chi connectivity index (χ4v) is 2.69. The summed E-state index contributed by atoms with van der Waals surface area (Å²) >= 11 is 1.38. The predicted octanol–water partition coefficient (Wildman–Crippen LogP) is 2.78. The van der Waals surface area contributed by atoms with E-state index in [4.69, 9.17) is 4.74 Å². The van der Waals surface area contributed by atoms with Crippen LogP contribution in [-0.4, -0.2) is 33.6 Å². The molecule has 2 heterocycles. The van der Waals surface area contributed by atoms with Crippen LogP contribution in [0, 0.1) is 20.8 Å². The molecule has 0 aliphatic heterocycles. The fraction of sp³-hybridized carbons (Fsp3) is 0.429. The summed E-state index contributed by atoms with van der Waals surface area (Å²) in [5, 5.41) is 4.52. The van der Waals surface area contributed by atoms with E-state index in [1.54, 1.807) is 7.11 Å². The predicted molar refractivity (Wildman–Crippen MR) is 83.1 cm³/mol. The lowest BCUT2D eigenvalue weighted by atomic mass is 10.2. The molecule has 7 heteroatoms. The van der Waals surface area contributed by atoms with Crippen LogP contribution in [0.2, 0.25) is 0 Å². The monoisotopic (exact) mass is 305 g/mol. The minimum absolute atomic E-state index is 0.615. The molecule has 2 aromatic rings. The van der Waals surface area contributed by atoms with Crippen molar-refractivity contribution in [3.05, 3.63) is 23.3 Å². The van der Waals surface area contributed by atoms with Crippen molar-refractivity contribution in [2.45, 2.75) is 37.9 Å². The maximum absolute atomic E-state index is 5.42. The van der Waals surface area contributed by atoms with Gasteiger partial charge in [0, 0.05) is 17.9 Å². The van der Waals surface area contributed by atoms with Crippen LogP contribution < -0.4 is 10.1 Å². The first kappa shape index (κ1) is 15.5. The molecular formula is C14H19N5OS. The molecule has 0 unspecified atom stereocenters. The minimum Gasteiger partial charge on any atom is -0.490 e. The molecule has 21 heavy (non-hydrogen) atoms. The molecule has 0 atom stereocenters. The Morgan fingerprint density at radius 3 is 2.38 bits per heavy atom. The highest BCUT2D eigenvalue weighted by atomic mass is 32.2. The van der Waals surface area contributed by atoms with Crippen LogP contribution >= 0.6 is 11.8 Å². The van der Waals surface area contributed by atoms with Crippen molar-refractivity contribution >= 4 is 17.6 Å². The zero-order chi connectivity index (χ0) is 15.4. The Morgan fingerprint density at radius 1 is 1.14 bits per heavy atom. The van der Waals surface area contributed by atoms with E-state index < -0.39 is 0 Å². The molecule has 0 aromatic carbocycles. The number of aromatic nitrogens is 4. The van der Waals surface area contributed by atoms with Crippen LogP contribution in [-0.2, 0) is 0 Å². The Labute approximate surface area is 128 Å². The number of anilines is 1. The number of hydrogen-bond acceptors (Lipinski definition) is 7. The van der Waals surface area contributed by atoms with Gasteiger partial charge in [-0.15, -0.1) is 0 Å². The van der Waals surface area contributed by atoms with Gasteiger partial charge in [-0.2, -0.15) is 0 Å². The molecule has 0 bridgehead atoms. The highest BCUT2D eigenvalue weighted by Gasteiger charge is 2.15. The first-order valence-corrected chi connectivity index (χ1v) is 7.51. The quantitative estimate of drug-likeness (QED) is 0.672. The topological polar surface area (TPSA) is 72.8 Å². The van der Waals surface area contributed by atoms with Gasteiger partial charge in [-0.25, -0.2) is 19.9 Å². The summed E-state index contributed by atoms with van der Waals surface area (Å²) in [5.41, 5.74) is 3.07. The summed E-state index contributed by atoms with van der Waals surface area (Å²) in [5.74, 6) is 1.29. The Balaban J connectivity index is 2.37. The van der Waals surface area contributed by atoms with Crippen molar-refractivity contribution in [2.24, 2.45) is 0 Å². The number of ether oxygens (including phenoxy) is 1. The SMILES string of the molecule is CCNc1ncnc(Sc2nc(C)c(C)c(C)n2)c1OC. The molecule has 0 spiro atoms. The zero-order valence-corrected chi connectivity index (χ0v) is 13.7. The molecule has 1 N–H and O–H groups in total. The van der Waals surface area contributed by atoms with Crippen LogP contribution in [0.15, 0.2) is 16.5 Å². The molecule has 2 aromatic heterocycles. The molecular weight excluding hydrogens is 286 g/mol. The Kier molecular flexibility index (Phi) is 4.95. The van der Waals surface area contributed by atoms with Crippen molar-refractivity contribution in [1.82, 2.24) is 19.9 Å². The van der Waals surface area contributed by atoms with E-state index in [9.17, 15) is 0 Å². The Morgan fingerprint density at radius 2 is 1.81 bits per heavy atom. The average Bonchev–Trinajstić information content (AvgIpc) is 2.45. The van der Waals surface area contributed by atoms with Crippen LogP contribution in [0.5, 0.6) is 5.75 Å². The Hall–Kier alpha value is -1.89. The maximum Gasteiger partial charge on any atom is 0.194 e. The number of nitrogens with zero attached hydrogens (tertiary/aromatic N) is 4. The third-order valence-corrected chi connectivity index (χ3v) is 3.97. The largest absolute Gasteiger partial charge is 0.490 e. The third kappa shape index (κ3) is 3.41. The first-order valence-electron chi connectivity index (χ1n) is 6.69. The zero-order valence-electron chi connectivity index (χ0n) is 12.9. The lowest BCUT2D eigenvalue weighted by Crippen LogP contribution is -2.04. The molecule has 0 saturated carbocycles. The van der Waals surface area contributed by atoms with Gasteiger partial charge in [-0.3, -0.25) is 0 Å². The van der Waals surface area contributed by atoms with Gasteiger partial charge < -0.3 is 10.1 Å². The average molecular weight is 305 g/mol. The van der Waals surface area contributed by atoms with Gasteiger partial charge >= 0.3 is 0 Å². The molecule has 0 radical (unpaired) electrons. The summed E-state index contributed by atoms with van der Waals surface area (Å²) in [6.07, 6.45) is 1.51. The normalized spacial score (nSPS) is 10.5. The summed E-state index contributed by atoms with van der Waals surface area (Å²) in [7, 11) is 1.61. The fourth-order valence-electron chi connectivity index (χ4n) is 1.78. The van der Waals surface area contributed by atoms with Gasteiger partial charge in [0.1, 0.15) is 6.33 Å². The van der Waals surface area contributed by atoms with Crippen LogP contribution in [0.3, 0.4) is 0 Å². The molecule has 0 fully saturated rings. The van der Waals surface area contributed by atoms with Crippen LogP contribution in [0.1, 0.15) is 23.9 Å². The van der Waals surface area contributed by atoms with Crippen molar-refractivity contribution in [3.8, 4) is 5.75 Å². The second-order valence-corrected chi connectivity index (χ2v) is 5.45. The third-order valence-electron chi connectivity index (χ3n) is 3.12. The van der Waals surface area contributed by atoms with E-state index in [2.05, 4.69) is 25.3 Å². The van der Waals surface area contributed by atoms with E-state index in [0.717, 1.165) is 23.5 Å². The standard InChI is InChI=1S/C14H19N5OS/c1-6-15-12-11(20-5)13(17-7-16-12)21-14-18-9(3)8(2)10(4)19-14/h7H,6H2,1-5H3,(H,15,16,17). The highest BCUT2D eigenvalue weighted by molar-refractivity contribution is 7.99. The smallest absolute Gasteiger partial charge is 0.194 e. The molecule has 0 amide bonds. The van der Waals surface area contributed by atoms with Crippen LogP contribution in [0.25, 0.3) is 0 Å². The van der Waals surface area contributed by atoms with Gasteiger partial charge in [0.05, 0.1) is 7.11 Å². The number of nitrogens with one attached hydrogen (secondary N) is 1. The highest BCUT2D eigenvalue weighted by Crippen LogP contribution is 2.35. The lowest BCUT2D eigenvalue weighted by Gasteiger charge is -2.12. The van der Waals surface area contributed by atoms with Crippen molar-refractivity contribution in [1.29, 1.82) is 0 Å². The first-order chi connectivity index (χ1) is 10.1. The van der Waals surface area contributed by atoms with Crippen molar-refractivity contribution in [3.63, 3.8) is 0 Å². The number of aryl methyl sites for hydroxylation is 2. The van der Waals surface area contributed by atoms with Gasteiger partial charge in [0.25, 0.3) is 0 Å². The van der Waals surface area contributed by atoms with Gasteiger partial charge in [-0.05, 0) is 45.0 Å². The summed E-state index contributed by atoms with van der Waals surface area (Å²) in [6.45, 7) is 8.75. The van der Waals surface area contributed by atoms with Gasteiger partial charge in [0.15, 0.2) is 21.7 Å². The van der Waals surface area contributed by atoms with Gasteiger partial charge in [0.2, 0.25) is 0 Å². The van der Waals surface area contributed by atoms with Crippen molar-refractivity contribution < 1.29 is 4.74 Å². The molecule has 0 saturated heterocycles. The van der Waals surface area contributed by atoms with E-state index in [-0.39, 0.29) is 0 Å². The van der Waals surface area contributed by atoms with Crippen LogP contribution in [0.4, 0.5) is 5.82 Å². The maximum atomic E-state index is 5.42. The Bertz CT molecular complexity index is 624. The summed E-state index contributed by atoms with van der Waals surface area (Å²) in [4.78, 5) is 17.5. The minimum atomic E-state index is 0.615. The number of rotatable bonds is 5. The number of hydrogen-bond donors (Lipinski definition) is 1. The molecule has 112 valence electrons. The number of methoxy groups -OCH3 is 1. The lowest BCUT2D eigenvalue weighted by molar-refractivity contribution is 0.400. The molecule has 0 aliphatic carbocycles. The molecule has 6 nitrogen and oxygen atoms in total. The van der Waals surface area contributed by atoms with Gasteiger partial charge in [-0.1, -0.05) is 0 Å². The van der Waals surface area contributed by atoms with E-state index in [0.29, 0.717) is 21.7 Å². The summed E-state index contributed by atoms with van der Waals surface area (Å²) in [6, 6.07) is 0. The molecule has 2 rings (SSSR count). The van der Waals surface area contributed by atoms with Crippen molar-refractivity contribution in [2.75, 3.05) is 19.0 Å². The van der Waals surface area contributed by atoms with E-state index in [1.165, 1.54) is 18.1 Å². The van der Waals surface area contributed by atoms with E-state index >= 15 is 0 Å². The molecule has 0 aliphatic rings.